The molecular weight excluding hydrogens is 498 g/mol. The highest BCUT2D eigenvalue weighted by molar-refractivity contribution is 5.99. The Labute approximate surface area is 231 Å². The summed E-state index contributed by atoms with van der Waals surface area (Å²) in [7, 11) is 1.56. The van der Waals surface area contributed by atoms with E-state index in [9.17, 15) is 19.5 Å². The number of phenolic OH excluding ortho intramolecular Hbond substituents is 1. The molecule has 0 aromatic heterocycles. The van der Waals surface area contributed by atoms with E-state index < -0.39 is 35.6 Å². The number of hydrogen-bond donors (Lipinski definition) is 3. The lowest BCUT2D eigenvalue weighted by atomic mass is 9.95. The second-order valence-corrected chi connectivity index (χ2v) is 10.7. The number of aryl methyl sites for hydroxylation is 1. The minimum Gasteiger partial charge on any atom is -0.508 e. The Morgan fingerprint density at radius 3 is 2.21 bits per heavy atom. The highest BCUT2D eigenvalue weighted by Gasteiger charge is 2.38. The third-order valence-corrected chi connectivity index (χ3v) is 6.35. The summed E-state index contributed by atoms with van der Waals surface area (Å²) < 4.78 is 10.6. The largest absolute Gasteiger partial charge is 0.508 e. The minimum absolute atomic E-state index is 0.0884. The minimum atomic E-state index is -1.02. The lowest BCUT2D eigenvalue weighted by Gasteiger charge is -2.36. The number of hydrogen-bond acceptors (Lipinski definition) is 6. The van der Waals surface area contributed by atoms with Gasteiger partial charge in [0.05, 0.1) is 7.11 Å². The standard InChI is InChI=1S/C30H43N3O6/c1-9-17-33(28(36)25(19(3)10-2)32-29(37)39-30(5,6)7)26(21-11-16-24(34)20(4)18-21)27(35)31-22-12-14-23(38-8)15-13-22/h11-16,18-19,25-26,34H,9-10,17H2,1-8H3,(H,31,35)(H,32,37). The van der Waals surface area contributed by atoms with Gasteiger partial charge in [-0.05, 0) is 87.6 Å². The number of methoxy groups -OCH3 is 1. The van der Waals surface area contributed by atoms with E-state index >= 15 is 0 Å². The second kappa shape index (κ2) is 13.9. The van der Waals surface area contributed by atoms with E-state index in [0.29, 0.717) is 35.4 Å². The number of nitrogens with zero attached hydrogens (tertiary/aromatic N) is 1. The molecule has 39 heavy (non-hydrogen) atoms. The molecule has 9 heteroatoms. The van der Waals surface area contributed by atoms with Crippen molar-refractivity contribution in [1.29, 1.82) is 0 Å². The summed E-state index contributed by atoms with van der Waals surface area (Å²) in [5.74, 6) is -0.308. The number of rotatable bonds is 11. The predicted octanol–water partition coefficient (Wildman–Crippen LogP) is 5.57. The molecule has 0 heterocycles. The first-order valence-electron chi connectivity index (χ1n) is 13.4. The van der Waals surface area contributed by atoms with Crippen molar-refractivity contribution >= 4 is 23.6 Å². The molecule has 3 amide bonds. The van der Waals surface area contributed by atoms with Crippen LogP contribution < -0.4 is 15.4 Å². The predicted molar refractivity (Wildman–Crippen MR) is 152 cm³/mol. The molecule has 0 fully saturated rings. The SMILES string of the molecule is CCCN(C(=O)C(NC(=O)OC(C)(C)C)C(C)CC)C(C(=O)Nc1ccc(OC)cc1)c1ccc(O)c(C)c1. The topological polar surface area (TPSA) is 117 Å². The Balaban J connectivity index is 2.53. The van der Waals surface area contributed by atoms with Gasteiger partial charge in [0.1, 0.15) is 29.2 Å². The molecule has 0 aliphatic heterocycles. The molecule has 0 saturated carbocycles. The fourth-order valence-electron chi connectivity index (χ4n) is 4.11. The van der Waals surface area contributed by atoms with Gasteiger partial charge < -0.3 is 30.1 Å². The molecule has 0 aliphatic carbocycles. The third-order valence-electron chi connectivity index (χ3n) is 6.35. The van der Waals surface area contributed by atoms with Gasteiger partial charge in [-0.2, -0.15) is 0 Å². The van der Waals surface area contributed by atoms with Crippen LogP contribution in [-0.4, -0.2) is 53.2 Å². The van der Waals surface area contributed by atoms with Crippen LogP contribution in [0.15, 0.2) is 42.5 Å². The fraction of sp³-hybridized carbons (Fsp3) is 0.500. The van der Waals surface area contributed by atoms with Crippen LogP contribution in [0.3, 0.4) is 0 Å². The van der Waals surface area contributed by atoms with Crippen LogP contribution in [0.4, 0.5) is 10.5 Å². The maximum atomic E-state index is 14.2. The van der Waals surface area contributed by atoms with Crippen molar-refractivity contribution in [2.75, 3.05) is 19.0 Å². The molecule has 0 spiro atoms. The number of carbonyl (C=O) groups excluding carboxylic acids is 3. The average Bonchev–Trinajstić information content (AvgIpc) is 2.87. The zero-order chi connectivity index (χ0) is 29.3. The number of anilines is 1. The normalized spacial score (nSPS) is 13.5. The lowest BCUT2D eigenvalue weighted by Crippen LogP contribution is -2.54. The van der Waals surface area contributed by atoms with Crippen molar-refractivity contribution in [3.63, 3.8) is 0 Å². The van der Waals surface area contributed by atoms with Gasteiger partial charge in [0.25, 0.3) is 5.91 Å². The van der Waals surface area contributed by atoms with Crippen molar-refractivity contribution in [3.8, 4) is 11.5 Å². The van der Waals surface area contributed by atoms with Crippen LogP contribution in [0.5, 0.6) is 11.5 Å². The number of aromatic hydroxyl groups is 1. The monoisotopic (exact) mass is 541 g/mol. The zero-order valence-corrected chi connectivity index (χ0v) is 24.3. The molecule has 0 aliphatic rings. The summed E-state index contributed by atoms with van der Waals surface area (Å²) >= 11 is 0. The number of alkyl carbamates (subject to hydrolysis) is 1. The number of benzene rings is 2. The van der Waals surface area contributed by atoms with Gasteiger partial charge in [-0.3, -0.25) is 9.59 Å². The first kappa shape index (κ1) is 31.5. The molecule has 3 unspecified atom stereocenters. The number of carbonyl (C=O) groups is 3. The molecule has 3 atom stereocenters. The summed E-state index contributed by atoms with van der Waals surface area (Å²) in [4.78, 5) is 42.2. The zero-order valence-electron chi connectivity index (χ0n) is 24.3. The Hall–Kier alpha value is -3.75. The van der Waals surface area contributed by atoms with E-state index in [4.69, 9.17) is 9.47 Å². The van der Waals surface area contributed by atoms with Crippen LogP contribution in [0.2, 0.25) is 0 Å². The van der Waals surface area contributed by atoms with E-state index in [0.717, 1.165) is 0 Å². The summed E-state index contributed by atoms with van der Waals surface area (Å²) in [5, 5.41) is 15.8. The Kier molecular flexibility index (Phi) is 11.2. The van der Waals surface area contributed by atoms with Gasteiger partial charge in [0.15, 0.2) is 0 Å². The molecule has 0 saturated heterocycles. The van der Waals surface area contributed by atoms with Crippen LogP contribution in [-0.2, 0) is 14.3 Å². The molecule has 2 aromatic rings. The second-order valence-electron chi connectivity index (χ2n) is 10.7. The molecule has 214 valence electrons. The summed E-state index contributed by atoms with van der Waals surface area (Å²) in [6, 6.07) is 9.80. The summed E-state index contributed by atoms with van der Waals surface area (Å²) in [5.41, 5.74) is 0.915. The highest BCUT2D eigenvalue weighted by atomic mass is 16.6. The van der Waals surface area contributed by atoms with Crippen molar-refractivity contribution in [1.82, 2.24) is 10.2 Å². The van der Waals surface area contributed by atoms with E-state index in [1.165, 1.54) is 11.0 Å². The Morgan fingerprint density at radius 2 is 1.69 bits per heavy atom. The number of amides is 3. The van der Waals surface area contributed by atoms with E-state index in [-0.39, 0.29) is 18.2 Å². The van der Waals surface area contributed by atoms with Crippen LogP contribution >= 0.6 is 0 Å². The maximum absolute atomic E-state index is 14.2. The summed E-state index contributed by atoms with van der Waals surface area (Å²) in [6.07, 6.45) is 0.499. The fourth-order valence-corrected chi connectivity index (χ4v) is 4.11. The Morgan fingerprint density at radius 1 is 1.05 bits per heavy atom. The van der Waals surface area contributed by atoms with Gasteiger partial charge in [-0.15, -0.1) is 0 Å². The first-order chi connectivity index (χ1) is 18.3. The van der Waals surface area contributed by atoms with E-state index in [2.05, 4.69) is 10.6 Å². The molecule has 2 rings (SSSR count). The molecule has 9 nitrogen and oxygen atoms in total. The van der Waals surface area contributed by atoms with Gasteiger partial charge in [-0.25, -0.2) is 4.79 Å². The van der Waals surface area contributed by atoms with Crippen molar-refractivity contribution in [3.05, 3.63) is 53.6 Å². The first-order valence-corrected chi connectivity index (χ1v) is 13.4. The summed E-state index contributed by atoms with van der Waals surface area (Å²) in [6.45, 7) is 13.0. The van der Waals surface area contributed by atoms with Crippen molar-refractivity contribution in [2.24, 2.45) is 5.92 Å². The van der Waals surface area contributed by atoms with Crippen molar-refractivity contribution < 1.29 is 29.0 Å². The van der Waals surface area contributed by atoms with E-state index in [1.54, 1.807) is 71.2 Å². The quantitative estimate of drug-likeness (QED) is 0.343. The molecule has 0 radical (unpaired) electrons. The van der Waals surface area contributed by atoms with Crippen molar-refractivity contribution in [2.45, 2.75) is 79.0 Å². The maximum Gasteiger partial charge on any atom is 0.408 e. The number of phenols is 1. The third kappa shape index (κ3) is 8.90. The van der Waals surface area contributed by atoms with Gasteiger partial charge in [0.2, 0.25) is 5.91 Å². The van der Waals surface area contributed by atoms with Gasteiger partial charge in [0, 0.05) is 12.2 Å². The van der Waals surface area contributed by atoms with Crippen LogP contribution in [0.1, 0.15) is 71.6 Å². The molecule has 0 bridgehead atoms. The Bertz CT molecular complexity index is 1130. The number of ether oxygens (including phenoxy) is 2. The molecule has 2 aromatic carbocycles. The smallest absolute Gasteiger partial charge is 0.408 e. The molecule has 3 N–H and O–H groups in total. The van der Waals surface area contributed by atoms with Gasteiger partial charge >= 0.3 is 6.09 Å². The van der Waals surface area contributed by atoms with Gasteiger partial charge in [-0.1, -0.05) is 33.3 Å². The van der Waals surface area contributed by atoms with Crippen LogP contribution in [0.25, 0.3) is 0 Å². The lowest BCUT2D eigenvalue weighted by molar-refractivity contribution is -0.141. The molecular formula is C30H43N3O6. The highest BCUT2D eigenvalue weighted by Crippen LogP contribution is 2.29. The van der Waals surface area contributed by atoms with Crippen LogP contribution in [0, 0.1) is 12.8 Å². The number of nitrogens with one attached hydrogen (secondary N) is 2. The average molecular weight is 542 g/mol. The van der Waals surface area contributed by atoms with E-state index in [1.807, 2.05) is 20.8 Å².